The van der Waals surface area contributed by atoms with Gasteiger partial charge < -0.3 is 19.2 Å². The van der Waals surface area contributed by atoms with Gasteiger partial charge in [-0.2, -0.15) is 0 Å². The smallest absolute Gasteiger partial charge is 0.258 e. The van der Waals surface area contributed by atoms with Crippen molar-refractivity contribution in [1.82, 2.24) is 9.88 Å². The number of methoxy groups -OCH3 is 1. The summed E-state index contributed by atoms with van der Waals surface area (Å²) in [7, 11) is 3.35. The summed E-state index contributed by atoms with van der Waals surface area (Å²) in [4.78, 5) is 31.1. The summed E-state index contributed by atoms with van der Waals surface area (Å²) in [5.41, 5.74) is 5.38. The lowest BCUT2D eigenvalue weighted by molar-refractivity contribution is -0.107. The molecule has 4 aromatic rings. The fraction of sp³-hybridized carbons (Fsp3) is 0.207. The van der Waals surface area contributed by atoms with Crippen LogP contribution in [-0.4, -0.2) is 36.2 Å². The summed E-state index contributed by atoms with van der Waals surface area (Å²) in [6.45, 7) is 0.642. The number of pyridine rings is 1. The van der Waals surface area contributed by atoms with Crippen molar-refractivity contribution in [3.05, 3.63) is 100.0 Å². The maximum absolute atomic E-state index is 13.3. The highest BCUT2D eigenvalue weighted by Gasteiger charge is 2.33. The third-order valence-corrected chi connectivity index (χ3v) is 6.48. The highest BCUT2D eigenvalue weighted by atomic mass is 19.1. The molecule has 5 rings (SSSR count). The molecule has 0 aliphatic carbocycles. The van der Waals surface area contributed by atoms with E-state index < -0.39 is 0 Å². The van der Waals surface area contributed by atoms with Gasteiger partial charge >= 0.3 is 0 Å². The first-order valence-corrected chi connectivity index (χ1v) is 11.6. The SMILES string of the molecule is COc1ccc(COc2c3c(c(CC=O)c4cc(Cc5ccc(F)cc5)cnc24)CN(C)C3=O)cc1. The normalized spacial score (nSPS) is 12.6. The molecule has 7 heteroatoms. The topological polar surface area (TPSA) is 68.7 Å². The number of ether oxygens (including phenoxy) is 2. The molecule has 1 amide bonds. The van der Waals surface area contributed by atoms with Gasteiger partial charge in [-0.05, 0) is 64.6 Å². The first-order valence-electron chi connectivity index (χ1n) is 11.6. The minimum Gasteiger partial charge on any atom is -0.497 e. The quantitative estimate of drug-likeness (QED) is 0.334. The van der Waals surface area contributed by atoms with Gasteiger partial charge in [0.15, 0.2) is 5.75 Å². The van der Waals surface area contributed by atoms with E-state index in [1.165, 1.54) is 12.1 Å². The Kier molecular flexibility index (Phi) is 6.38. The molecule has 0 unspecified atom stereocenters. The van der Waals surface area contributed by atoms with Crippen molar-refractivity contribution in [2.24, 2.45) is 0 Å². The molecule has 182 valence electrons. The van der Waals surface area contributed by atoms with Gasteiger partial charge in [0, 0.05) is 31.6 Å². The predicted octanol–water partition coefficient (Wildman–Crippen LogP) is 4.88. The number of fused-ring (bicyclic) bond motifs is 2. The summed E-state index contributed by atoms with van der Waals surface area (Å²) >= 11 is 0. The van der Waals surface area contributed by atoms with E-state index in [-0.39, 0.29) is 24.8 Å². The summed E-state index contributed by atoms with van der Waals surface area (Å²) in [6, 6.07) is 15.9. The molecule has 0 fully saturated rings. The first kappa shape index (κ1) is 23.5. The van der Waals surface area contributed by atoms with E-state index in [1.807, 2.05) is 30.3 Å². The van der Waals surface area contributed by atoms with Gasteiger partial charge in [-0.15, -0.1) is 0 Å². The van der Waals surface area contributed by atoms with E-state index in [4.69, 9.17) is 14.5 Å². The fourth-order valence-electron chi connectivity index (χ4n) is 4.66. The molecular formula is C29H25FN2O4. The van der Waals surface area contributed by atoms with Crippen molar-refractivity contribution in [3.8, 4) is 11.5 Å². The van der Waals surface area contributed by atoms with Gasteiger partial charge in [-0.25, -0.2) is 4.39 Å². The molecule has 1 aromatic heterocycles. The Hall–Kier alpha value is -4.26. The molecule has 0 N–H and O–H groups in total. The van der Waals surface area contributed by atoms with Gasteiger partial charge in [0.25, 0.3) is 5.91 Å². The molecule has 0 atom stereocenters. The van der Waals surface area contributed by atoms with Crippen LogP contribution in [-0.2, 0) is 30.8 Å². The van der Waals surface area contributed by atoms with Crippen molar-refractivity contribution in [1.29, 1.82) is 0 Å². The molecule has 0 bridgehead atoms. The van der Waals surface area contributed by atoms with Crippen molar-refractivity contribution in [2.75, 3.05) is 14.2 Å². The van der Waals surface area contributed by atoms with Gasteiger partial charge in [0.2, 0.25) is 0 Å². The van der Waals surface area contributed by atoms with E-state index in [0.717, 1.165) is 45.2 Å². The van der Waals surface area contributed by atoms with Crippen molar-refractivity contribution < 1.29 is 23.5 Å². The van der Waals surface area contributed by atoms with Crippen LogP contribution < -0.4 is 9.47 Å². The van der Waals surface area contributed by atoms with Gasteiger partial charge in [0.1, 0.15) is 30.0 Å². The number of amides is 1. The summed E-state index contributed by atoms with van der Waals surface area (Å²) < 4.78 is 24.8. The van der Waals surface area contributed by atoms with E-state index in [1.54, 1.807) is 37.4 Å². The molecule has 3 aromatic carbocycles. The highest BCUT2D eigenvalue weighted by molar-refractivity contribution is 6.08. The summed E-state index contributed by atoms with van der Waals surface area (Å²) in [5, 5.41) is 0.785. The van der Waals surface area contributed by atoms with Crippen molar-refractivity contribution in [3.63, 3.8) is 0 Å². The van der Waals surface area contributed by atoms with Crippen LogP contribution in [0.15, 0.2) is 60.8 Å². The minimum absolute atomic E-state index is 0.152. The van der Waals surface area contributed by atoms with Gasteiger partial charge in [-0.1, -0.05) is 24.3 Å². The Morgan fingerprint density at radius 3 is 2.47 bits per heavy atom. The molecule has 0 spiro atoms. The zero-order valence-electron chi connectivity index (χ0n) is 20.1. The number of hydrogen-bond acceptors (Lipinski definition) is 5. The lowest BCUT2D eigenvalue weighted by atomic mass is 9.93. The Morgan fingerprint density at radius 1 is 1.06 bits per heavy atom. The van der Waals surface area contributed by atoms with Crippen LogP contribution in [0.25, 0.3) is 10.9 Å². The molecule has 0 radical (unpaired) electrons. The van der Waals surface area contributed by atoms with E-state index in [9.17, 15) is 14.0 Å². The number of carbonyl (C=O) groups is 2. The number of benzene rings is 3. The molecule has 1 aliphatic heterocycles. The average molecular weight is 485 g/mol. The lowest BCUT2D eigenvalue weighted by Gasteiger charge is -2.17. The number of nitrogens with zero attached hydrogens (tertiary/aromatic N) is 2. The second-order valence-electron chi connectivity index (χ2n) is 8.87. The third kappa shape index (κ3) is 4.40. The minimum atomic E-state index is -0.286. The van der Waals surface area contributed by atoms with Crippen LogP contribution in [0.3, 0.4) is 0 Å². The Balaban J connectivity index is 1.60. The van der Waals surface area contributed by atoms with Crippen molar-refractivity contribution >= 4 is 23.1 Å². The molecule has 0 saturated carbocycles. The molecule has 0 saturated heterocycles. The van der Waals surface area contributed by atoms with E-state index in [2.05, 4.69) is 0 Å². The van der Waals surface area contributed by atoms with E-state index in [0.29, 0.717) is 29.8 Å². The standard InChI is InChI=1S/C29H25FN2O4/c1-32-16-25-23(11-12-33)24-14-20(13-18-3-7-21(30)8-4-18)15-31-27(24)28(26(25)29(32)34)36-17-19-5-9-22(35-2)10-6-19/h3-10,12,14-15H,11,13,16-17H2,1-2H3. The van der Waals surface area contributed by atoms with Crippen LogP contribution in [0.2, 0.25) is 0 Å². The lowest BCUT2D eigenvalue weighted by Crippen LogP contribution is -2.18. The number of rotatable bonds is 8. The Bertz CT molecular complexity index is 1450. The van der Waals surface area contributed by atoms with Crippen LogP contribution in [0.5, 0.6) is 11.5 Å². The Labute approximate surface area is 208 Å². The van der Waals surface area contributed by atoms with Crippen LogP contribution in [0.4, 0.5) is 4.39 Å². The summed E-state index contributed by atoms with van der Waals surface area (Å²) in [6.07, 6.45) is 3.32. The number of aldehydes is 1. The van der Waals surface area contributed by atoms with Gasteiger partial charge in [0.05, 0.1) is 12.7 Å². The second kappa shape index (κ2) is 9.77. The number of hydrogen-bond donors (Lipinski definition) is 0. The molecule has 1 aliphatic rings. The number of halogens is 1. The Morgan fingerprint density at radius 2 is 1.78 bits per heavy atom. The predicted molar refractivity (Wildman–Crippen MR) is 134 cm³/mol. The van der Waals surface area contributed by atoms with E-state index >= 15 is 0 Å². The zero-order valence-corrected chi connectivity index (χ0v) is 20.1. The van der Waals surface area contributed by atoms with Gasteiger partial charge in [-0.3, -0.25) is 9.78 Å². The molecule has 2 heterocycles. The van der Waals surface area contributed by atoms with Crippen LogP contribution in [0, 0.1) is 5.82 Å². The molecule has 6 nitrogen and oxygen atoms in total. The third-order valence-electron chi connectivity index (χ3n) is 6.48. The first-order chi connectivity index (χ1) is 17.5. The van der Waals surface area contributed by atoms with Crippen LogP contribution in [0.1, 0.15) is 38.2 Å². The largest absolute Gasteiger partial charge is 0.497 e. The maximum Gasteiger partial charge on any atom is 0.258 e. The fourth-order valence-corrected chi connectivity index (χ4v) is 4.66. The molecule has 36 heavy (non-hydrogen) atoms. The zero-order chi connectivity index (χ0) is 25.2. The summed E-state index contributed by atoms with van der Waals surface area (Å²) in [5.74, 6) is 0.733. The van der Waals surface area contributed by atoms with Crippen molar-refractivity contribution in [2.45, 2.75) is 26.0 Å². The van der Waals surface area contributed by atoms with Crippen LogP contribution >= 0.6 is 0 Å². The number of carbonyl (C=O) groups excluding carboxylic acids is 2. The number of aromatic nitrogens is 1. The monoisotopic (exact) mass is 484 g/mol. The average Bonchev–Trinajstić information content (AvgIpc) is 3.19. The molecular weight excluding hydrogens is 459 g/mol. The second-order valence-corrected chi connectivity index (χ2v) is 8.87. The highest BCUT2D eigenvalue weighted by Crippen LogP contribution is 2.41. The maximum atomic E-state index is 13.3.